The lowest BCUT2D eigenvalue weighted by Crippen LogP contribution is -2.20. The Balaban J connectivity index is 1.54. The number of hydrogen-bond acceptors (Lipinski definition) is 3. The second kappa shape index (κ2) is 7.90. The Kier molecular flexibility index (Phi) is 4.95. The van der Waals surface area contributed by atoms with Gasteiger partial charge in [0.2, 0.25) is 0 Å². The molecule has 0 aliphatic heterocycles. The summed E-state index contributed by atoms with van der Waals surface area (Å²) >= 11 is 7.58. The highest BCUT2D eigenvalue weighted by Gasteiger charge is 2.14. The molecule has 0 aliphatic carbocycles. The van der Waals surface area contributed by atoms with Gasteiger partial charge in [0.25, 0.3) is 5.56 Å². The molecule has 0 saturated carbocycles. The van der Waals surface area contributed by atoms with E-state index in [9.17, 15) is 4.79 Å². The maximum Gasteiger partial charge on any atom is 0.263 e. The minimum absolute atomic E-state index is 0.0386. The largest absolute Gasteiger partial charge is 0.294 e. The Morgan fingerprint density at radius 3 is 2.37 bits per heavy atom. The molecule has 0 saturated heterocycles. The molecule has 0 atom stereocenters. The standard InChI is InChI=1S/C25H17ClN2OS/c26-21-8-4-5-17(13-21)14-28-16-27-24-23(25(28)29)22(15-30-24)20-11-9-19(10-12-20)18-6-2-1-3-7-18/h1-13,15-16H,14H2. The van der Waals surface area contributed by atoms with Crippen LogP contribution >= 0.6 is 22.9 Å². The van der Waals surface area contributed by atoms with Gasteiger partial charge in [-0.2, -0.15) is 0 Å². The molecule has 0 radical (unpaired) electrons. The second-order valence-corrected chi connectivity index (χ2v) is 8.37. The summed E-state index contributed by atoms with van der Waals surface area (Å²) in [6, 6.07) is 26.1. The Labute approximate surface area is 182 Å². The van der Waals surface area contributed by atoms with Gasteiger partial charge in [-0.1, -0.05) is 78.3 Å². The molecular weight excluding hydrogens is 412 g/mol. The van der Waals surface area contributed by atoms with Gasteiger partial charge in [-0.05, 0) is 34.4 Å². The summed E-state index contributed by atoms with van der Waals surface area (Å²) in [6.45, 7) is 0.435. The quantitative estimate of drug-likeness (QED) is 0.327. The van der Waals surface area contributed by atoms with Gasteiger partial charge in [-0.3, -0.25) is 9.36 Å². The van der Waals surface area contributed by atoms with E-state index in [-0.39, 0.29) is 5.56 Å². The van der Waals surface area contributed by atoms with Crippen molar-refractivity contribution in [1.82, 2.24) is 9.55 Å². The number of halogens is 1. The first-order valence-electron chi connectivity index (χ1n) is 9.56. The number of thiophene rings is 1. The Bertz CT molecular complexity index is 1390. The van der Waals surface area contributed by atoms with Crippen molar-refractivity contribution in [2.45, 2.75) is 6.54 Å². The molecule has 30 heavy (non-hydrogen) atoms. The van der Waals surface area contributed by atoms with E-state index in [0.717, 1.165) is 27.1 Å². The zero-order chi connectivity index (χ0) is 20.5. The average Bonchev–Trinajstić information content (AvgIpc) is 3.21. The van der Waals surface area contributed by atoms with Crippen molar-refractivity contribution >= 4 is 33.2 Å². The molecule has 0 aliphatic rings. The van der Waals surface area contributed by atoms with Crippen LogP contribution in [0.3, 0.4) is 0 Å². The smallest absolute Gasteiger partial charge is 0.263 e. The van der Waals surface area contributed by atoms with Crippen LogP contribution in [0.25, 0.3) is 32.5 Å². The van der Waals surface area contributed by atoms with Crippen molar-refractivity contribution < 1.29 is 0 Å². The minimum Gasteiger partial charge on any atom is -0.294 e. The number of aromatic nitrogens is 2. The summed E-state index contributed by atoms with van der Waals surface area (Å²) in [5.74, 6) is 0. The van der Waals surface area contributed by atoms with Crippen LogP contribution in [0.5, 0.6) is 0 Å². The van der Waals surface area contributed by atoms with Crippen LogP contribution < -0.4 is 5.56 Å². The van der Waals surface area contributed by atoms with E-state index >= 15 is 0 Å². The predicted molar refractivity (Wildman–Crippen MR) is 125 cm³/mol. The maximum absolute atomic E-state index is 13.3. The van der Waals surface area contributed by atoms with Crippen LogP contribution in [0.1, 0.15) is 5.56 Å². The van der Waals surface area contributed by atoms with Gasteiger partial charge in [0.15, 0.2) is 0 Å². The first-order valence-corrected chi connectivity index (χ1v) is 10.8. The van der Waals surface area contributed by atoms with E-state index < -0.39 is 0 Å². The Morgan fingerprint density at radius 2 is 1.60 bits per heavy atom. The third kappa shape index (κ3) is 3.56. The molecule has 3 nitrogen and oxygen atoms in total. The number of benzene rings is 3. The summed E-state index contributed by atoms with van der Waals surface area (Å²) in [6.07, 6.45) is 1.62. The first kappa shape index (κ1) is 18.8. The SMILES string of the molecule is O=c1c2c(-c3ccc(-c4ccccc4)cc3)csc2ncn1Cc1cccc(Cl)c1. The van der Waals surface area contributed by atoms with Crippen molar-refractivity contribution in [3.05, 3.63) is 112 Å². The van der Waals surface area contributed by atoms with E-state index in [1.54, 1.807) is 10.9 Å². The molecule has 0 spiro atoms. The van der Waals surface area contributed by atoms with Crippen LogP contribution in [-0.2, 0) is 6.54 Å². The Morgan fingerprint density at radius 1 is 0.867 bits per heavy atom. The number of nitrogens with zero attached hydrogens (tertiary/aromatic N) is 2. The molecule has 0 unspecified atom stereocenters. The Hall–Kier alpha value is -3.21. The third-order valence-electron chi connectivity index (χ3n) is 5.11. The van der Waals surface area contributed by atoms with Crippen molar-refractivity contribution in [2.75, 3.05) is 0 Å². The molecule has 2 aromatic heterocycles. The zero-order valence-electron chi connectivity index (χ0n) is 16.0. The highest BCUT2D eigenvalue weighted by molar-refractivity contribution is 7.17. The molecule has 5 heteroatoms. The van der Waals surface area contributed by atoms with Gasteiger partial charge in [-0.15, -0.1) is 11.3 Å². The molecule has 5 aromatic rings. The fraction of sp³-hybridized carbons (Fsp3) is 0.0400. The molecule has 2 heterocycles. The van der Waals surface area contributed by atoms with Gasteiger partial charge < -0.3 is 0 Å². The molecule has 0 fully saturated rings. The van der Waals surface area contributed by atoms with Gasteiger partial charge in [0.1, 0.15) is 4.83 Å². The van der Waals surface area contributed by atoms with Gasteiger partial charge >= 0.3 is 0 Å². The second-order valence-electron chi connectivity index (χ2n) is 7.08. The third-order valence-corrected chi connectivity index (χ3v) is 6.23. The van der Waals surface area contributed by atoms with Gasteiger partial charge in [-0.25, -0.2) is 4.98 Å². The monoisotopic (exact) mass is 428 g/mol. The summed E-state index contributed by atoms with van der Waals surface area (Å²) < 4.78 is 1.64. The zero-order valence-corrected chi connectivity index (χ0v) is 17.5. The van der Waals surface area contributed by atoms with E-state index in [0.29, 0.717) is 17.0 Å². The number of hydrogen-bond donors (Lipinski definition) is 0. The molecule has 5 rings (SSSR count). The molecule has 0 bridgehead atoms. The maximum atomic E-state index is 13.3. The molecule has 3 aromatic carbocycles. The fourth-order valence-electron chi connectivity index (χ4n) is 3.60. The van der Waals surface area contributed by atoms with Crippen LogP contribution in [0.15, 0.2) is 95.4 Å². The van der Waals surface area contributed by atoms with Crippen molar-refractivity contribution in [2.24, 2.45) is 0 Å². The van der Waals surface area contributed by atoms with Gasteiger partial charge in [0.05, 0.1) is 18.3 Å². The molecule has 146 valence electrons. The van der Waals surface area contributed by atoms with E-state index in [4.69, 9.17) is 11.6 Å². The van der Waals surface area contributed by atoms with E-state index in [2.05, 4.69) is 41.4 Å². The summed E-state index contributed by atoms with van der Waals surface area (Å²) in [5, 5.41) is 3.33. The lowest BCUT2D eigenvalue weighted by atomic mass is 10.0. The first-order chi connectivity index (χ1) is 14.7. The lowest BCUT2D eigenvalue weighted by molar-refractivity contribution is 0.749. The van der Waals surface area contributed by atoms with Crippen LogP contribution in [-0.4, -0.2) is 9.55 Å². The average molecular weight is 429 g/mol. The normalized spacial score (nSPS) is 11.1. The van der Waals surface area contributed by atoms with Crippen molar-refractivity contribution in [3.63, 3.8) is 0 Å². The van der Waals surface area contributed by atoms with Crippen LogP contribution in [0.4, 0.5) is 0 Å². The highest BCUT2D eigenvalue weighted by atomic mass is 35.5. The van der Waals surface area contributed by atoms with Crippen molar-refractivity contribution in [3.8, 4) is 22.3 Å². The number of fused-ring (bicyclic) bond motifs is 1. The minimum atomic E-state index is -0.0386. The van der Waals surface area contributed by atoms with Crippen molar-refractivity contribution in [1.29, 1.82) is 0 Å². The topological polar surface area (TPSA) is 34.9 Å². The molecule has 0 N–H and O–H groups in total. The summed E-state index contributed by atoms with van der Waals surface area (Å²) in [4.78, 5) is 18.5. The highest BCUT2D eigenvalue weighted by Crippen LogP contribution is 2.32. The van der Waals surface area contributed by atoms with Gasteiger partial charge in [0, 0.05) is 16.0 Å². The molecular formula is C25H17ClN2OS. The van der Waals surface area contributed by atoms with Crippen LogP contribution in [0.2, 0.25) is 5.02 Å². The molecule has 0 amide bonds. The summed E-state index contributed by atoms with van der Waals surface area (Å²) in [7, 11) is 0. The predicted octanol–water partition coefficient (Wildman–Crippen LogP) is 6.49. The van der Waals surface area contributed by atoms with E-state index in [1.165, 1.54) is 16.9 Å². The van der Waals surface area contributed by atoms with E-state index in [1.807, 2.05) is 47.8 Å². The van der Waals surface area contributed by atoms with Crippen LogP contribution in [0, 0.1) is 0 Å². The fourth-order valence-corrected chi connectivity index (χ4v) is 4.72. The number of rotatable bonds is 4. The summed E-state index contributed by atoms with van der Waals surface area (Å²) in [5.41, 5.74) is 5.19. The lowest BCUT2D eigenvalue weighted by Gasteiger charge is -2.07.